The van der Waals surface area contributed by atoms with Crippen LogP contribution in [0.3, 0.4) is 0 Å². The average Bonchev–Trinajstić information content (AvgIpc) is 2.95. The van der Waals surface area contributed by atoms with E-state index in [0.717, 1.165) is 23.1 Å². The molecule has 1 heterocycles. The Kier molecular flexibility index (Phi) is 5.68. The third-order valence-corrected chi connectivity index (χ3v) is 5.49. The largest absolute Gasteiger partial charge is 0.378 e. The van der Waals surface area contributed by atoms with Gasteiger partial charge < -0.3 is 14.3 Å². The van der Waals surface area contributed by atoms with Crippen LogP contribution in [-0.4, -0.2) is 25.1 Å². The molecule has 1 amide bonds. The number of carbonyl (C=O) groups excluding carboxylic acids is 2. The van der Waals surface area contributed by atoms with E-state index in [1.54, 1.807) is 12.1 Å². The van der Waals surface area contributed by atoms with Crippen molar-refractivity contribution in [1.82, 2.24) is 4.98 Å². The first-order valence-corrected chi connectivity index (χ1v) is 9.25. The summed E-state index contributed by atoms with van der Waals surface area (Å²) in [5.74, 6) is -0.0792. The van der Waals surface area contributed by atoms with Gasteiger partial charge in [0.15, 0.2) is 9.34 Å². The van der Waals surface area contributed by atoms with Gasteiger partial charge in [0.05, 0.1) is 6.20 Å². The van der Waals surface area contributed by atoms with Gasteiger partial charge in [-0.15, -0.1) is 0 Å². The summed E-state index contributed by atoms with van der Waals surface area (Å²) in [5, 5.41) is 2.60. The van der Waals surface area contributed by atoms with E-state index in [9.17, 15) is 18.0 Å². The maximum atomic E-state index is 12.2. The third-order valence-electron chi connectivity index (χ3n) is 2.91. The molecule has 7 nitrogen and oxygen atoms in total. The highest BCUT2D eigenvalue weighted by Crippen LogP contribution is 2.26. The summed E-state index contributed by atoms with van der Waals surface area (Å²) in [6, 6.07) is 6.48. The highest BCUT2D eigenvalue weighted by atomic mass is 32.3. The molecule has 128 valence electrons. The number of hydrogen-bond acceptors (Lipinski definition) is 7. The highest BCUT2D eigenvalue weighted by molar-refractivity contribution is 7.89. The summed E-state index contributed by atoms with van der Waals surface area (Å²) >= 11 is 0.808. The number of nitrogens with one attached hydrogen (secondary N) is 1. The molecule has 0 saturated heterocycles. The molecule has 1 aromatic carbocycles. The first-order chi connectivity index (χ1) is 11.3. The molecule has 0 aliphatic carbocycles. The van der Waals surface area contributed by atoms with Crippen molar-refractivity contribution in [2.24, 2.45) is 0 Å². The van der Waals surface area contributed by atoms with Gasteiger partial charge in [-0.1, -0.05) is 23.5 Å². The number of Topliss-reactive ketones (excluding diaryl/α,β-unsaturated/α-hetero) is 1. The van der Waals surface area contributed by atoms with Crippen molar-refractivity contribution in [2.75, 3.05) is 5.32 Å². The Morgan fingerprint density at radius 1 is 1.21 bits per heavy atom. The predicted molar refractivity (Wildman–Crippen MR) is 89.7 cm³/mol. The molecule has 9 heteroatoms. The average molecular weight is 368 g/mol. The third kappa shape index (κ3) is 5.14. The van der Waals surface area contributed by atoms with Gasteiger partial charge in [-0.25, -0.2) is 4.98 Å². The van der Waals surface area contributed by atoms with Gasteiger partial charge in [-0.05, 0) is 31.0 Å². The first kappa shape index (κ1) is 18.1. The number of nitrogens with zero attached hydrogens (tertiary/aromatic N) is 1. The minimum absolute atomic E-state index is 0.0954. The van der Waals surface area contributed by atoms with Crippen LogP contribution in [0.4, 0.5) is 5.13 Å². The van der Waals surface area contributed by atoms with Crippen molar-refractivity contribution < 1.29 is 22.2 Å². The molecule has 24 heavy (non-hydrogen) atoms. The molecule has 0 saturated carbocycles. The van der Waals surface area contributed by atoms with Crippen LogP contribution in [0.1, 0.15) is 25.8 Å². The number of thiazole rings is 1. The van der Waals surface area contributed by atoms with E-state index < -0.39 is 10.1 Å². The fraction of sp³-hybridized carbons (Fsp3) is 0.267. The molecule has 2 aromatic rings. The summed E-state index contributed by atoms with van der Waals surface area (Å²) in [4.78, 5) is 25.7. The number of aromatic nitrogens is 1. The number of rotatable bonds is 7. The molecule has 0 aliphatic rings. The van der Waals surface area contributed by atoms with Crippen LogP contribution in [0.15, 0.2) is 34.7 Å². The van der Waals surface area contributed by atoms with E-state index in [0.29, 0.717) is 12.8 Å². The molecule has 1 aromatic heterocycles. The number of ketones is 1. The number of carbonyl (C=O) groups is 2. The fourth-order valence-electron chi connectivity index (χ4n) is 1.78. The van der Waals surface area contributed by atoms with E-state index in [1.807, 2.05) is 0 Å². The Morgan fingerprint density at radius 2 is 1.88 bits per heavy atom. The van der Waals surface area contributed by atoms with Crippen molar-refractivity contribution in [2.45, 2.75) is 30.9 Å². The summed E-state index contributed by atoms with van der Waals surface area (Å²) in [7, 11) is -4.02. The van der Waals surface area contributed by atoms with Crippen molar-refractivity contribution >= 4 is 38.3 Å². The normalized spacial score (nSPS) is 11.1. The van der Waals surface area contributed by atoms with E-state index in [-0.39, 0.29) is 26.8 Å². The molecule has 0 bridgehead atoms. The molecule has 1 N–H and O–H groups in total. The van der Waals surface area contributed by atoms with Crippen LogP contribution in [0.25, 0.3) is 0 Å². The maximum Gasteiger partial charge on any atom is 0.350 e. The molecule has 0 spiro atoms. The zero-order chi connectivity index (χ0) is 17.7. The number of anilines is 1. The summed E-state index contributed by atoms with van der Waals surface area (Å²) < 4.78 is 29.3. The van der Waals surface area contributed by atoms with Crippen LogP contribution < -0.4 is 9.50 Å². The second kappa shape index (κ2) is 7.54. The Morgan fingerprint density at radius 3 is 2.46 bits per heavy atom. The molecule has 0 fully saturated rings. The molecule has 0 atom stereocenters. The van der Waals surface area contributed by atoms with Gasteiger partial charge in [0.1, 0.15) is 11.5 Å². The van der Waals surface area contributed by atoms with Crippen LogP contribution in [0.5, 0.6) is 5.75 Å². The van der Waals surface area contributed by atoms with E-state index in [1.165, 1.54) is 26.0 Å². The van der Waals surface area contributed by atoms with Crippen molar-refractivity contribution in [3.63, 3.8) is 0 Å². The Hall–Kier alpha value is -2.26. The quantitative estimate of drug-likeness (QED) is 0.753. The Bertz CT molecular complexity index is 841. The number of benzene rings is 1. The SMILES string of the molecule is CC(=O)CCc1ccc(OS(=O)(=O)c2cnc(NC(C)=O)s2)cc1. The zero-order valence-corrected chi connectivity index (χ0v) is 14.7. The van der Waals surface area contributed by atoms with Crippen LogP contribution in [-0.2, 0) is 26.1 Å². The summed E-state index contributed by atoms with van der Waals surface area (Å²) in [5.41, 5.74) is 0.917. The van der Waals surface area contributed by atoms with E-state index >= 15 is 0 Å². The lowest BCUT2D eigenvalue weighted by atomic mass is 10.1. The molecular formula is C15H16N2O5S2. The van der Waals surface area contributed by atoms with Crippen LogP contribution >= 0.6 is 11.3 Å². The Labute approximate surface area is 143 Å². The standard InChI is InChI=1S/C15H16N2O5S2/c1-10(18)3-4-12-5-7-13(8-6-12)22-24(20,21)14-9-16-15(23-14)17-11(2)19/h5-9H,3-4H2,1-2H3,(H,16,17,19). The van der Waals surface area contributed by atoms with Crippen molar-refractivity contribution in [1.29, 1.82) is 0 Å². The molecule has 0 unspecified atom stereocenters. The lowest BCUT2D eigenvalue weighted by Crippen LogP contribution is -2.08. The molecule has 0 aliphatic heterocycles. The van der Waals surface area contributed by atoms with Gasteiger partial charge in [0, 0.05) is 13.3 Å². The van der Waals surface area contributed by atoms with E-state index in [4.69, 9.17) is 4.18 Å². The summed E-state index contributed by atoms with van der Waals surface area (Å²) in [6.45, 7) is 2.83. The van der Waals surface area contributed by atoms with Gasteiger partial charge in [-0.2, -0.15) is 8.42 Å². The van der Waals surface area contributed by atoms with Crippen LogP contribution in [0, 0.1) is 0 Å². The smallest absolute Gasteiger partial charge is 0.350 e. The fourth-order valence-corrected chi connectivity index (χ4v) is 3.75. The number of amides is 1. The maximum absolute atomic E-state index is 12.2. The van der Waals surface area contributed by atoms with Gasteiger partial charge in [0.2, 0.25) is 5.91 Å². The molecular weight excluding hydrogens is 352 g/mol. The van der Waals surface area contributed by atoms with Gasteiger partial charge >= 0.3 is 10.1 Å². The topological polar surface area (TPSA) is 102 Å². The van der Waals surface area contributed by atoms with Gasteiger partial charge in [0.25, 0.3) is 0 Å². The monoisotopic (exact) mass is 368 g/mol. The second-order valence-electron chi connectivity index (χ2n) is 5.05. The highest BCUT2D eigenvalue weighted by Gasteiger charge is 2.20. The minimum atomic E-state index is -4.02. The minimum Gasteiger partial charge on any atom is -0.378 e. The lowest BCUT2D eigenvalue weighted by molar-refractivity contribution is -0.117. The van der Waals surface area contributed by atoms with Crippen LogP contribution in [0.2, 0.25) is 0 Å². The van der Waals surface area contributed by atoms with Crippen molar-refractivity contribution in [3.8, 4) is 5.75 Å². The summed E-state index contributed by atoms with van der Waals surface area (Å²) in [6.07, 6.45) is 2.16. The van der Waals surface area contributed by atoms with Crippen molar-refractivity contribution in [3.05, 3.63) is 36.0 Å². The van der Waals surface area contributed by atoms with Gasteiger partial charge in [-0.3, -0.25) is 4.79 Å². The first-order valence-electron chi connectivity index (χ1n) is 7.02. The predicted octanol–water partition coefficient (Wildman–Crippen LogP) is 2.39. The molecule has 0 radical (unpaired) electrons. The Balaban J connectivity index is 2.07. The number of hydrogen-bond donors (Lipinski definition) is 1. The lowest BCUT2D eigenvalue weighted by Gasteiger charge is -2.06. The zero-order valence-electron chi connectivity index (χ0n) is 13.1. The van der Waals surface area contributed by atoms with E-state index in [2.05, 4.69) is 10.3 Å². The second-order valence-corrected chi connectivity index (χ2v) is 7.85. The molecule has 2 rings (SSSR count). The number of aryl methyl sites for hydroxylation is 1.